The van der Waals surface area contributed by atoms with Crippen molar-refractivity contribution in [1.29, 1.82) is 0 Å². The lowest BCUT2D eigenvalue weighted by atomic mass is 10.2. The van der Waals surface area contributed by atoms with Crippen LogP contribution in [0.5, 0.6) is 0 Å². The lowest BCUT2D eigenvalue weighted by Crippen LogP contribution is -2.18. The minimum atomic E-state index is 0.322. The fourth-order valence-electron chi connectivity index (χ4n) is 2.53. The number of rotatable bonds is 4. The average Bonchev–Trinajstić information content (AvgIpc) is 2.98. The van der Waals surface area contributed by atoms with Gasteiger partial charge in [0.25, 0.3) is 0 Å². The van der Waals surface area contributed by atoms with Crippen molar-refractivity contribution >= 4 is 5.82 Å². The predicted molar refractivity (Wildman–Crippen MR) is 71.8 cm³/mol. The second kappa shape index (κ2) is 4.84. The van der Waals surface area contributed by atoms with Crippen LogP contribution in [0.2, 0.25) is 0 Å². The summed E-state index contributed by atoms with van der Waals surface area (Å²) in [4.78, 5) is 4.68. The summed E-state index contributed by atoms with van der Waals surface area (Å²) in [6.07, 6.45) is 6.15. The second-order valence-electron chi connectivity index (χ2n) is 4.98. The summed E-state index contributed by atoms with van der Waals surface area (Å²) < 4.78 is 5.36. The Kier molecular flexibility index (Phi) is 3.05. The highest BCUT2D eigenvalue weighted by Gasteiger charge is 2.13. The van der Waals surface area contributed by atoms with Crippen LogP contribution in [0.1, 0.15) is 30.4 Å². The summed E-state index contributed by atoms with van der Waals surface area (Å²) >= 11 is 0. The molecule has 1 atom stereocenters. The van der Waals surface area contributed by atoms with Gasteiger partial charge in [0.1, 0.15) is 11.6 Å². The average molecular weight is 242 g/mol. The van der Waals surface area contributed by atoms with Gasteiger partial charge >= 0.3 is 0 Å². The maximum atomic E-state index is 5.36. The third-order valence-corrected chi connectivity index (χ3v) is 3.41. The molecule has 0 bridgehead atoms. The van der Waals surface area contributed by atoms with Crippen LogP contribution in [0.25, 0.3) is 0 Å². The molecule has 0 aromatic carbocycles. The van der Waals surface area contributed by atoms with Gasteiger partial charge in [0.15, 0.2) is 0 Å². The van der Waals surface area contributed by atoms with Crippen LogP contribution in [-0.2, 0) is 19.3 Å². The van der Waals surface area contributed by atoms with Crippen molar-refractivity contribution in [3.8, 4) is 0 Å². The Balaban J connectivity index is 1.65. The Morgan fingerprint density at radius 2 is 2.28 bits per heavy atom. The number of aromatic nitrogens is 1. The number of fused-ring (bicyclic) bond motifs is 1. The molecule has 0 amide bonds. The summed E-state index contributed by atoms with van der Waals surface area (Å²) in [7, 11) is 0. The number of nitrogens with zero attached hydrogens (tertiary/aromatic N) is 1. The van der Waals surface area contributed by atoms with E-state index in [1.807, 2.05) is 12.1 Å². The zero-order chi connectivity index (χ0) is 12.4. The molecule has 0 radical (unpaired) electrons. The maximum absolute atomic E-state index is 5.36. The van der Waals surface area contributed by atoms with Crippen molar-refractivity contribution in [3.63, 3.8) is 0 Å². The molecule has 2 heterocycles. The van der Waals surface area contributed by atoms with Crippen LogP contribution in [0.15, 0.2) is 34.9 Å². The molecule has 0 spiro atoms. The molecule has 0 fully saturated rings. The number of pyridine rings is 1. The molecule has 1 aliphatic carbocycles. The molecule has 0 saturated heterocycles. The van der Waals surface area contributed by atoms with Crippen LogP contribution in [0.4, 0.5) is 5.82 Å². The molecule has 1 N–H and O–H groups in total. The summed E-state index contributed by atoms with van der Waals surface area (Å²) in [6, 6.07) is 8.55. The molecule has 3 nitrogen and oxygen atoms in total. The Hall–Kier alpha value is -1.77. The molecule has 1 aliphatic rings. The smallest absolute Gasteiger partial charge is 0.126 e. The highest BCUT2D eigenvalue weighted by molar-refractivity contribution is 5.41. The number of aryl methyl sites for hydroxylation is 2. The minimum Gasteiger partial charge on any atom is -0.469 e. The van der Waals surface area contributed by atoms with Gasteiger partial charge in [-0.2, -0.15) is 0 Å². The van der Waals surface area contributed by atoms with Crippen molar-refractivity contribution in [1.82, 2.24) is 4.98 Å². The van der Waals surface area contributed by atoms with Crippen LogP contribution >= 0.6 is 0 Å². The molecule has 3 rings (SSSR count). The van der Waals surface area contributed by atoms with E-state index in [1.54, 1.807) is 6.26 Å². The molecule has 94 valence electrons. The third kappa shape index (κ3) is 2.40. The van der Waals surface area contributed by atoms with Crippen LogP contribution in [0.3, 0.4) is 0 Å². The molecule has 0 aliphatic heterocycles. The van der Waals surface area contributed by atoms with Crippen molar-refractivity contribution in [3.05, 3.63) is 47.5 Å². The first kappa shape index (κ1) is 11.3. The largest absolute Gasteiger partial charge is 0.469 e. The number of nitrogens with one attached hydrogen (secondary N) is 1. The summed E-state index contributed by atoms with van der Waals surface area (Å²) in [6.45, 7) is 2.15. The van der Waals surface area contributed by atoms with E-state index >= 15 is 0 Å². The van der Waals surface area contributed by atoms with Crippen LogP contribution in [0, 0.1) is 0 Å². The van der Waals surface area contributed by atoms with Crippen molar-refractivity contribution in [2.45, 2.75) is 38.6 Å². The number of hydrogen-bond acceptors (Lipinski definition) is 3. The van der Waals surface area contributed by atoms with Gasteiger partial charge in [-0.15, -0.1) is 0 Å². The number of anilines is 1. The Morgan fingerprint density at radius 1 is 1.33 bits per heavy atom. The SMILES string of the molecule is CC(Cc1ccco1)Nc1ccc2c(n1)CCC2. The Labute approximate surface area is 107 Å². The lowest BCUT2D eigenvalue weighted by molar-refractivity contribution is 0.497. The van der Waals surface area contributed by atoms with E-state index in [0.717, 1.165) is 24.4 Å². The number of furan rings is 1. The van der Waals surface area contributed by atoms with E-state index in [-0.39, 0.29) is 0 Å². The topological polar surface area (TPSA) is 38.1 Å². The summed E-state index contributed by atoms with van der Waals surface area (Å²) in [5, 5.41) is 3.44. The standard InChI is InChI=1S/C15H18N2O/c1-11(10-13-5-3-9-18-13)16-15-8-7-12-4-2-6-14(12)17-15/h3,5,7-9,11H,2,4,6,10H2,1H3,(H,16,17). The first-order valence-electron chi connectivity index (χ1n) is 6.59. The van der Waals surface area contributed by atoms with E-state index in [4.69, 9.17) is 4.42 Å². The molecule has 2 aromatic rings. The van der Waals surface area contributed by atoms with E-state index in [0.29, 0.717) is 6.04 Å². The van der Waals surface area contributed by atoms with Crippen LogP contribution in [-0.4, -0.2) is 11.0 Å². The van der Waals surface area contributed by atoms with Crippen molar-refractivity contribution in [2.24, 2.45) is 0 Å². The zero-order valence-electron chi connectivity index (χ0n) is 10.6. The molecular formula is C15H18N2O. The minimum absolute atomic E-state index is 0.322. The van der Waals surface area contributed by atoms with Gasteiger partial charge in [-0.1, -0.05) is 6.07 Å². The van der Waals surface area contributed by atoms with E-state index in [2.05, 4.69) is 29.4 Å². The van der Waals surface area contributed by atoms with Crippen LogP contribution < -0.4 is 5.32 Å². The molecule has 2 aromatic heterocycles. The predicted octanol–water partition coefficient (Wildman–Crippen LogP) is 3.21. The summed E-state index contributed by atoms with van der Waals surface area (Å²) in [5.74, 6) is 1.99. The van der Waals surface area contributed by atoms with E-state index in [1.165, 1.54) is 24.1 Å². The third-order valence-electron chi connectivity index (χ3n) is 3.41. The second-order valence-corrected chi connectivity index (χ2v) is 4.98. The molecule has 18 heavy (non-hydrogen) atoms. The van der Waals surface area contributed by atoms with Gasteiger partial charge in [-0.3, -0.25) is 0 Å². The normalized spacial score (nSPS) is 15.4. The fraction of sp³-hybridized carbons (Fsp3) is 0.400. The first-order valence-corrected chi connectivity index (χ1v) is 6.59. The summed E-state index contributed by atoms with van der Waals surface area (Å²) in [5.41, 5.74) is 2.68. The monoisotopic (exact) mass is 242 g/mol. The van der Waals surface area contributed by atoms with E-state index in [9.17, 15) is 0 Å². The van der Waals surface area contributed by atoms with Gasteiger partial charge < -0.3 is 9.73 Å². The highest BCUT2D eigenvalue weighted by Crippen LogP contribution is 2.22. The quantitative estimate of drug-likeness (QED) is 0.894. The molecule has 0 saturated carbocycles. The van der Waals surface area contributed by atoms with Crippen molar-refractivity contribution in [2.75, 3.05) is 5.32 Å². The highest BCUT2D eigenvalue weighted by atomic mass is 16.3. The molecule has 1 unspecified atom stereocenters. The molecular weight excluding hydrogens is 224 g/mol. The van der Waals surface area contributed by atoms with E-state index < -0.39 is 0 Å². The number of hydrogen-bond donors (Lipinski definition) is 1. The van der Waals surface area contributed by atoms with Gasteiger partial charge in [0.05, 0.1) is 6.26 Å². The van der Waals surface area contributed by atoms with Gasteiger partial charge in [0.2, 0.25) is 0 Å². The van der Waals surface area contributed by atoms with Gasteiger partial charge in [-0.05, 0) is 49.9 Å². The van der Waals surface area contributed by atoms with Gasteiger partial charge in [0, 0.05) is 18.2 Å². The Morgan fingerprint density at radius 3 is 3.11 bits per heavy atom. The van der Waals surface area contributed by atoms with Gasteiger partial charge in [-0.25, -0.2) is 4.98 Å². The molecule has 3 heteroatoms. The first-order chi connectivity index (χ1) is 8.81. The maximum Gasteiger partial charge on any atom is 0.126 e. The lowest BCUT2D eigenvalue weighted by Gasteiger charge is -2.14. The van der Waals surface area contributed by atoms with Crippen molar-refractivity contribution < 1.29 is 4.42 Å². The fourth-order valence-corrected chi connectivity index (χ4v) is 2.53. The Bertz CT molecular complexity index is 519. The zero-order valence-corrected chi connectivity index (χ0v) is 10.6.